The number of carbonyl (C=O) groups excluding carboxylic acids is 1. The zero-order valence-corrected chi connectivity index (χ0v) is 7.39. The van der Waals surface area contributed by atoms with Crippen LogP contribution in [0.15, 0.2) is 0 Å². The fraction of sp³-hybridized carbons (Fsp3) is 0.889. The average molecular weight is 155 g/mol. The molecule has 2 atom stereocenters. The lowest BCUT2D eigenvalue weighted by molar-refractivity contribution is -0.117. The monoisotopic (exact) mass is 155 g/mol. The molecule has 11 heavy (non-hydrogen) atoms. The second-order valence-electron chi connectivity index (χ2n) is 3.59. The van der Waals surface area contributed by atoms with Crippen LogP contribution in [0.4, 0.5) is 0 Å². The molecule has 0 unspecified atom stereocenters. The Morgan fingerprint density at radius 1 is 1.64 bits per heavy atom. The highest BCUT2D eigenvalue weighted by Crippen LogP contribution is 2.17. The maximum absolute atomic E-state index is 10.8. The van der Waals surface area contributed by atoms with E-state index >= 15 is 0 Å². The Morgan fingerprint density at radius 3 is 2.91 bits per heavy atom. The van der Waals surface area contributed by atoms with E-state index in [0.29, 0.717) is 24.2 Å². The molecule has 1 aliphatic rings. The summed E-state index contributed by atoms with van der Waals surface area (Å²) in [6, 6.07) is 0.446. The van der Waals surface area contributed by atoms with Gasteiger partial charge in [-0.05, 0) is 32.2 Å². The standard InChI is InChI=1S/C9H17NO/c1-7-4-3-5-10-9(7)6-8(2)11/h7,9-10H,3-6H2,1-2H3/t7-,9-/m1/s1. The largest absolute Gasteiger partial charge is 0.313 e. The molecule has 1 fully saturated rings. The minimum Gasteiger partial charge on any atom is -0.313 e. The Balaban J connectivity index is 2.35. The number of piperidine rings is 1. The predicted octanol–water partition coefficient (Wildman–Crippen LogP) is 1.35. The highest BCUT2D eigenvalue weighted by Gasteiger charge is 2.21. The molecule has 2 nitrogen and oxygen atoms in total. The summed E-state index contributed by atoms with van der Waals surface area (Å²) in [5.74, 6) is 0.976. The van der Waals surface area contributed by atoms with Crippen molar-refractivity contribution in [3.8, 4) is 0 Å². The summed E-state index contributed by atoms with van der Waals surface area (Å²) >= 11 is 0. The molecular formula is C9H17NO. The van der Waals surface area contributed by atoms with Crippen molar-refractivity contribution >= 4 is 5.78 Å². The molecule has 0 saturated carbocycles. The number of hydrogen-bond donors (Lipinski definition) is 1. The van der Waals surface area contributed by atoms with Crippen LogP contribution in [0, 0.1) is 5.92 Å². The quantitative estimate of drug-likeness (QED) is 0.652. The number of ketones is 1. The van der Waals surface area contributed by atoms with Crippen molar-refractivity contribution in [3.05, 3.63) is 0 Å². The van der Waals surface area contributed by atoms with Crippen molar-refractivity contribution < 1.29 is 4.79 Å². The van der Waals surface area contributed by atoms with Crippen molar-refractivity contribution in [1.29, 1.82) is 0 Å². The van der Waals surface area contributed by atoms with Gasteiger partial charge in [0.05, 0.1) is 0 Å². The zero-order chi connectivity index (χ0) is 8.27. The smallest absolute Gasteiger partial charge is 0.131 e. The summed E-state index contributed by atoms with van der Waals surface area (Å²) in [6.45, 7) is 4.98. The van der Waals surface area contributed by atoms with Crippen LogP contribution in [-0.4, -0.2) is 18.4 Å². The fourth-order valence-electron chi connectivity index (χ4n) is 1.70. The first kappa shape index (κ1) is 8.72. The van der Waals surface area contributed by atoms with Gasteiger partial charge in [0, 0.05) is 12.5 Å². The molecule has 1 saturated heterocycles. The van der Waals surface area contributed by atoms with Crippen LogP contribution in [-0.2, 0) is 4.79 Å². The summed E-state index contributed by atoms with van der Waals surface area (Å²) in [5, 5.41) is 3.38. The summed E-state index contributed by atoms with van der Waals surface area (Å²) in [4.78, 5) is 10.8. The summed E-state index contributed by atoms with van der Waals surface area (Å²) in [5.41, 5.74) is 0. The first-order valence-electron chi connectivity index (χ1n) is 4.43. The van der Waals surface area contributed by atoms with Gasteiger partial charge >= 0.3 is 0 Å². The lowest BCUT2D eigenvalue weighted by Gasteiger charge is -2.29. The average Bonchev–Trinajstić information content (AvgIpc) is 1.93. The first-order chi connectivity index (χ1) is 5.20. The molecular weight excluding hydrogens is 138 g/mol. The van der Waals surface area contributed by atoms with Gasteiger partial charge in [0.1, 0.15) is 5.78 Å². The first-order valence-corrected chi connectivity index (χ1v) is 4.43. The van der Waals surface area contributed by atoms with Gasteiger partial charge in [-0.3, -0.25) is 4.79 Å². The normalized spacial score (nSPS) is 31.8. The Morgan fingerprint density at radius 2 is 2.36 bits per heavy atom. The predicted molar refractivity (Wildman–Crippen MR) is 45.5 cm³/mol. The van der Waals surface area contributed by atoms with Gasteiger partial charge in [-0.25, -0.2) is 0 Å². The van der Waals surface area contributed by atoms with Crippen LogP contribution in [0.25, 0.3) is 0 Å². The maximum Gasteiger partial charge on any atom is 0.131 e. The number of carbonyl (C=O) groups is 1. The molecule has 0 spiro atoms. The third kappa shape index (κ3) is 2.62. The van der Waals surface area contributed by atoms with E-state index in [1.165, 1.54) is 12.8 Å². The van der Waals surface area contributed by atoms with Crippen molar-refractivity contribution in [1.82, 2.24) is 5.32 Å². The lowest BCUT2D eigenvalue weighted by Crippen LogP contribution is -2.41. The van der Waals surface area contributed by atoms with Crippen LogP contribution in [0.5, 0.6) is 0 Å². The molecule has 0 amide bonds. The summed E-state index contributed by atoms with van der Waals surface area (Å²) in [7, 11) is 0. The van der Waals surface area contributed by atoms with E-state index in [2.05, 4.69) is 12.2 Å². The molecule has 0 radical (unpaired) electrons. The van der Waals surface area contributed by atoms with E-state index < -0.39 is 0 Å². The molecule has 1 heterocycles. The van der Waals surface area contributed by atoms with E-state index in [1.807, 2.05) is 0 Å². The summed E-state index contributed by atoms with van der Waals surface area (Å²) in [6.07, 6.45) is 3.24. The molecule has 0 aromatic heterocycles. The van der Waals surface area contributed by atoms with Crippen molar-refractivity contribution in [2.45, 2.75) is 39.2 Å². The van der Waals surface area contributed by atoms with Crippen molar-refractivity contribution in [2.75, 3.05) is 6.54 Å². The third-order valence-electron chi connectivity index (χ3n) is 2.44. The number of Topliss-reactive ketones (excluding diaryl/α,β-unsaturated/α-hetero) is 1. The van der Waals surface area contributed by atoms with E-state index in [-0.39, 0.29) is 0 Å². The maximum atomic E-state index is 10.8. The van der Waals surface area contributed by atoms with E-state index in [9.17, 15) is 4.79 Å². The summed E-state index contributed by atoms with van der Waals surface area (Å²) < 4.78 is 0. The highest BCUT2D eigenvalue weighted by molar-refractivity contribution is 5.76. The minimum absolute atomic E-state index is 0.302. The number of hydrogen-bond acceptors (Lipinski definition) is 2. The number of nitrogens with one attached hydrogen (secondary N) is 1. The fourth-order valence-corrected chi connectivity index (χ4v) is 1.70. The van der Waals surface area contributed by atoms with Crippen LogP contribution in [0.3, 0.4) is 0 Å². The molecule has 0 aromatic carbocycles. The van der Waals surface area contributed by atoms with Gasteiger partial charge in [-0.15, -0.1) is 0 Å². The Kier molecular flexibility index (Phi) is 3.06. The van der Waals surface area contributed by atoms with Crippen LogP contribution >= 0.6 is 0 Å². The van der Waals surface area contributed by atoms with Gasteiger partial charge in [0.25, 0.3) is 0 Å². The van der Waals surface area contributed by atoms with Crippen molar-refractivity contribution in [3.63, 3.8) is 0 Å². The Hall–Kier alpha value is -0.370. The van der Waals surface area contributed by atoms with E-state index in [0.717, 1.165) is 6.54 Å². The molecule has 0 aromatic rings. The van der Waals surface area contributed by atoms with Crippen LogP contribution in [0.1, 0.15) is 33.1 Å². The molecule has 2 heteroatoms. The van der Waals surface area contributed by atoms with E-state index in [1.54, 1.807) is 6.92 Å². The second-order valence-corrected chi connectivity index (χ2v) is 3.59. The molecule has 1 aliphatic heterocycles. The molecule has 0 aliphatic carbocycles. The SMILES string of the molecule is CC(=O)C[C@H]1NCCC[C@H]1C. The molecule has 0 bridgehead atoms. The van der Waals surface area contributed by atoms with Crippen LogP contribution in [0.2, 0.25) is 0 Å². The highest BCUT2D eigenvalue weighted by atomic mass is 16.1. The lowest BCUT2D eigenvalue weighted by atomic mass is 9.90. The Bertz CT molecular complexity index is 144. The third-order valence-corrected chi connectivity index (χ3v) is 2.44. The van der Waals surface area contributed by atoms with Crippen LogP contribution < -0.4 is 5.32 Å². The van der Waals surface area contributed by atoms with Gasteiger partial charge in [0.2, 0.25) is 0 Å². The van der Waals surface area contributed by atoms with Gasteiger partial charge in [-0.2, -0.15) is 0 Å². The minimum atomic E-state index is 0.302. The van der Waals surface area contributed by atoms with Gasteiger partial charge in [-0.1, -0.05) is 6.92 Å². The molecule has 64 valence electrons. The zero-order valence-electron chi connectivity index (χ0n) is 7.39. The van der Waals surface area contributed by atoms with Gasteiger partial charge < -0.3 is 5.32 Å². The number of rotatable bonds is 2. The Labute approximate surface area is 68.4 Å². The van der Waals surface area contributed by atoms with E-state index in [4.69, 9.17) is 0 Å². The second kappa shape index (κ2) is 3.86. The van der Waals surface area contributed by atoms with Crippen molar-refractivity contribution in [2.24, 2.45) is 5.92 Å². The topological polar surface area (TPSA) is 29.1 Å². The molecule has 1 N–H and O–H groups in total. The van der Waals surface area contributed by atoms with Gasteiger partial charge in [0.15, 0.2) is 0 Å². The molecule has 1 rings (SSSR count).